The zero-order valence-electron chi connectivity index (χ0n) is 15.7. The Kier molecular flexibility index (Phi) is 5.97. The van der Waals surface area contributed by atoms with Gasteiger partial charge in [-0.1, -0.05) is 51.1 Å². The molecule has 0 aliphatic heterocycles. The van der Waals surface area contributed by atoms with Crippen LogP contribution in [-0.4, -0.2) is 26.0 Å². The summed E-state index contributed by atoms with van der Waals surface area (Å²) in [4.78, 5) is 5.14. The first-order valence-corrected chi connectivity index (χ1v) is 9.73. The van der Waals surface area contributed by atoms with Crippen LogP contribution in [0.1, 0.15) is 37.6 Å². The fourth-order valence-corrected chi connectivity index (χ4v) is 4.28. The molecule has 0 spiro atoms. The predicted molar refractivity (Wildman–Crippen MR) is 106 cm³/mol. The quantitative estimate of drug-likeness (QED) is 0.613. The molecule has 142 valence electrons. The molecule has 3 rings (SSSR count). The van der Waals surface area contributed by atoms with Gasteiger partial charge in [0.2, 0.25) is 0 Å². The normalized spacial score (nSPS) is 15.3. The van der Waals surface area contributed by atoms with Crippen LogP contribution < -0.4 is 0 Å². The Morgan fingerprint density at radius 1 is 1.04 bits per heavy atom. The summed E-state index contributed by atoms with van der Waals surface area (Å²) in [5.41, 5.74) is 0.556. The first-order valence-electron chi connectivity index (χ1n) is 8.85. The van der Waals surface area contributed by atoms with Gasteiger partial charge in [-0.05, 0) is 35.2 Å². The molecular formula is C21H24FN3OS. The third-order valence-corrected chi connectivity index (χ3v) is 5.82. The highest BCUT2D eigenvalue weighted by Crippen LogP contribution is 2.47. The van der Waals surface area contributed by atoms with Crippen LogP contribution in [0.25, 0.3) is 0 Å². The van der Waals surface area contributed by atoms with Crippen LogP contribution in [-0.2, 0) is 0 Å². The van der Waals surface area contributed by atoms with Crippen LogP contribution in [0.3, 0.4) is 0 Å². The van der Waals surface area contributed by atoms with E-state index in [2.05, 4.69) is 10.1 Å². The lowest BCUT2D eigenvalue weighted by Crippen LogP contribution is -2.38. The highest BCUT2D eigenvalue weighted by molar-refractivity contribution is 7.99. The first kappa shape index (κ1) is 19.6. The topological polar surface area (TPSA) is 50.9 Å². The number of nitrogens with zero attached hydrogens (tertiary/aromatic N) is 3. The molecule has 1 aromatic heterocycles. The van der Waals surface area contributed by atoms with Crippen molar-refractivity contribution in [3.8, 4) is 0 Å². The third kappa shape index (κ3) is 4.76. The Hall–Kier alpha value is -2.18. The van der Waals surface area contributed by atoms with Crippen LogP contribution in [0, 0.1) is 11.2 Å². The summed E-state index contributed by atoms with van der Waals surface area (Å²) in [5, 5.41) is 15.3. The van der Waals surface area contributed by atoms with Gasteiger partial charge < -0.3 is 5.11 Å². The van der Waals surface area contributed by atoms with E-state index in [1.807, 2.05) is 51.1 Å². The van der Waals surface area contributed by atoms with Gasteiger partial charge in [0.05, 0.1) is 17.4 Å². The van der Waals surface area contributed by atoms with Gasteiger partial charge in [-0.25, -0.2) is 14.1 Å². The van der Waals surface area contributed by atoms with E-state index in [1.165, 1.54) is 18.5 Å². The molecule has 2 aromatic carbocycles. The minimum absolute atomic E-state index is 0.177. The van der Waals surface area contributed by atoms with E-state index < -0.39 is 6.10 Å². The first-order chi connectivity index (χ1) is 12.9. The van der Waals surface area contributed by atoms with Gasteiger partial charge in [-0.3, -0.25) is 0 Å². The lowest BCUT2D eigenvalue weighted by atomic mass is 9.82. The molecule has 1 N–H and O–H groups in total. The number of rotatable bonds is 6. The van der Waals surface area contributed by atoms with Crippen LogP contribution in [0.4, 0.5) is 4.39 Å². The van der Waals surface area contributed by atoms with E-state index in [9.17, 15) is 9.50 Å². The van der Waals surface area contributed by atoms with Crippen molar-refractivity contribution in [3.63, 3.8) is 0 Å². The summed E-state index contributed by atoms with van der Waals surface area (Å²) in [6.45, 7) is 5.99. The van der Waals surface area contributed by atoms with Crippen molar-refractivity contribution >= 4 is 11.8 Å². The second-order valence-electron chi connectivity index (χ2n) is 7.58. The van der Waals surface area contributed by atoms with Gasteiger partial charge >= 0.3 is 0 Å². The fourth-order valence-electron chi connectivity index (χ4n) is 2.97. The molecule has 0 bridgehead atoms. The number of aliphatic hydroxyl groups excluding tert-OH is 1. The van der Waals surface area contributed by atoms with E-state index in [1.54, 1.807) is 34.9 Å². The van der Waals surface area contributed by atoms with Gasteiger partial charge in [-0.15, -0.1) is 11.8 Å². The van der Waals surface area contributed by atoms with Crippen molar-refractivity contribution in [1.82, 2.24) is 14.8 Å². The SMILES string of the molecule is CC(C)(C)C(O)C(C(Sc1ccccc1)c1ccc(F)cc1)n1cncn1. The smallest absolute Gasteiger partial charge is 0.137 e. The molecule has 3 atom stereocenters. The van der Waals surface area contributed by atoms with Gasteiger partial charge in [0.1, 0.15) is 18.5 Å². The molecule has 0 saturated heterocycles. The number of aromatic nitrogens is 3. The van der Waals surface area contributed by atoms with Crippen molar-refractivity contribution < 1.29 is 9.50 Å². The summed E-state index contributed by atoms with van der Waals surface area (Å²) in [6, 6.07) is 16.1. The second kappa shape index (κ2) is 8.23. The van der Waals surface area contributed by atoms with E-state index in [-0.39, 0.29) is 22.5 Å². The number of hydrogen-bond donors (Lipinski definition) is 1. The highest BCUT2D eigenvalue weighted by atomic mass is 32.2. The van der Waals surface area contributed by atoms with E-state index >= 15 is 0 Å². The molecule has 0 radical (unpaired) electrons. The molecule has 0 aliphatic rings. The molecule has 27 heavy (non-hydrogen) atoms. The fraction of sp³-hybridized carbons (Fsp3) is 0.333. The van der Waals surface area contributed by atoms with Crippen molar-refractivity contribution in [2.75, 3.05) is 0 Å². The molecule has 0 aliphatic carbocycles. The summed E-state index contributed by atoms with van der Waals surface area (Å²) in [6.07, 6.45) is 2.41. The molecule has 0 saturated carbocycles. The summed E-state index contributed by atoms with van der Waals surface area (Å²) in [7, 11) is 0. The largest absolute Gasteiger partial charge is 0.390 e. The number of hydrogen-bond acceptors (Lipinski definition) is 4. The number of benzene rings is 2. The van der Waals surface area contributed by atoms with Crippen molar-refractivity contribution in [2.24, 2.45) is 5.41 Å². The molecule has 3 aromatic rings. The van der Waals surface area contributed by atoms with Crippen molar-refractivity contribution in [3.05, 3.63) is 78.6 Å². The van der Waals surface area contributed by atoms with Crippen LogP contribution >= 0.6 is 11.8 Å². The standard InChI is InChI=1S/C21H24FN3OS/c1-21(2,3)20(26)18(25-14-23-13-24-25)19(15-9-11-16(22)12-10-15)27-17-7-5-4-6-8-17/h4-14,18-20,26H,1-3H3. The minimum Gasteiger partial charge on any atom is -0.390 e. The Labute approximate surface area is 163 Å². The van der Waals surface area contributed by atoms with E-state index in [4.69, 9.17) is 0 Å². The minimum atomic E-state index is -0.689. The number of thioether (sulfide) groups is 1. The summed E-state index contributed by atoms with van der Waals surface area (Å²) < 4.78 is 15.2. The van der Waals surface area contributed by atoms with Crippen LogP contribution in [0.2, 0.25) is 0 Å². The van der Waals surface area contributed by atoms with Crippen LogP contribution in [0.5, 0.6) is 0 Å². The maximum Gasteiger partial charge on any atom is 0.137 e. The zero-order valence-corrected chi connectivity index (χ0v) is 16.5. The zero-order chi connectivity index (χ0) is 19.4. The third-order valence-electron chi connectivity index (χ3n) is 4.47. The highest BCUT2D eigenvalue weighted by Gasteiger charge is 2.39. The molecule has 1 heterocycles. The molecule has 4 nitrogen and oxygen atoms in total. The van der Waals surface area contributed by atoms with Gasteiger partial charge in [0.25, 0.3) is 0 Å². The van der Waals surface area contributed by atoms with E-state index in [0.29, 0.717) is 0 Å². The van der Waals surface area contributed by atoms with Crippen molar-refractivity contribution in [2.45, 2.75) is 43.1 Å². The molecule has 6 heteroatoms. The average molecular weight is 386 g/mol. The Morgan fingerprint density at radius 3 is 2.26 bits per heavy atom. The summed E-state index contributed by atoms with van der Waals surface area (Å²) >= 11 is 1.63. The maximum absolute atomic E-state index is 13.5. The predicted octanol–water partition coefficient (Wildman–Crippen LogP) is 4.90. The molecule has 0 fully saturated rings. The summed E-state index contributed by atoms with van der Waals surface area (Å²) in [5.74, 6) is -0.282. The van der Waals surface area contributed by atoms with Crippen LogP contribution in [0.15, 0.2) is 72.1 Å². The van der Waals surface area contributed by atoms with Gasteiger partial charge in [0, 0.05) is 4.90 Å². The Balaban J connectivity index is 2.08. The molecule has 0 amide bonds. The Morgan fingerprint density at radius 2 is 1.70 bits per heavy atom. The monoisotopic (exact) mass is 385 g/mol. The lowest BCUT2D eigenvalue weighted by molar-refractivity contribution is 0.0114. The lowest BCUT2D eigenvalue weighted by Gasteiger charge is -2.37. The molecular weight excluding hydrogens is 361 g/mol. The average Bonchev–Trinajstić information content (AvgIpc) is 3.16. The Bertz CT molecular complexity index is 832. The van der Waals surface area contributed by atoms with E-state index in [0.717, 1.165) is 10.5 Å². The van der Waals surface area contributed by atoms with Gasteiger partial charge in [0.15, 0.2) is 0 Å². The van der Waals surface area contributed by atoms with Gasteiger partial charge in [-0.2, -0.15) is 5.10 Å². The number of halogens is 1. The number of aliphatic hydroxyl groups is 1. The second-order valence-corrected chi connectivity index (χ2v) is 8.79. The molecule has 3 unspecified atom stereocenters. The van der Waals surface area contributed by atoms with Crippen molar-refractivity contribution in [1.29, 1.82) is 0 Å². The maximum atomic E-state index is 13.5.